The summed E-state index contributed by atoms with van der Waals surface area (Å²) in [6.07, 6.45) is 2.07. The SMILES string of the molecule is Cc1cn(C)c(N2CCN[C@H](C)C2)n1. The van der Waals surface area contributed by atoms with Gasteiger partial charge >= 0.3 is 0 Å². The maximum Gasteiger partial charge on any atom is 0.205 e. The van der Waals surface area contributed by atoms with Gasteiger partial charge in [0.15, 0.2) is 0 Å². The van der Waals surface area contributed by atoms with Gasteiger partial charge in [0.2, 0.25) is 5.95 Å². The summed E-state index contributed by atoms with van der Waals surface area (Å²) in [5.74, 6) is 1.09. The van der Waals surface area contributed by atoms with E-state index in [4.69, 9.17) is 0 Å². The molecule has 78 valence electrons. The Morgan fingerprint density at radius 3 is 2.93 bits per heavy atom. The fraction of sp³-hybridized carbons (Fsp3) is 0.700. The normalized spacial score (nSPS) is 22.8. The molecule has 14 heavy (non-hydrogen) atoms. The summed E-state index contributed by atoms with van der Waals surface area (Å²) in [6.45, 7) is 7.39. The summed E-state index contributed by atoms with van der Waals surface area (Å²) in [7, 11) is 2.06. The van der Waals surface area contributed by atoms with Gasteiger partial charge in [0, 0.05) is 38.9 Å². The van der Waals surface area contributed by atoms with Crippen LogP contribution < -0.4 is 10.2 Å². The highest BCUT2D eigenvalue weighted by molar-refractivity contribution is 5.34. The third kappa shape index (κ3) is 1.75. The van der Waals surface area contributed by atoms with E-state index in [1.165, 1.54) is 0 Å². The number of aryl methyl sites for hydroxylation is 2. The van der Waals surface area contributed by atoms with Crippen LogP contribution in [0.15, 0.2) is 6.20 Å². The van der Waals surface area contributed by atoms with Crippen LogP contribution in [0, 0.1) is 6.92 Å². The molecule has 1 N–H and O–H groups in total. The average Bonchev–Trinajstić information content (AvgIpc) is 2.45. The fourth-order valence-corrected chi connectivity index (χ4v) is 2.01. The first-order chi connectivity index (χ1) is 6.66. The van der Waals surface area contributed by atoms with Crippen molar-refractivity contribution in [1.82, 2.24) is 14.9 Å². The van der Waals surface area contributed by atoms with E-state index in [9.17, 15) is 0 Å². The second kappa shape index (κ2) is 3.61. The van der Waals surface area contributed by atoms with E-state index in [1.54, 1.807) is 0 Å². The lowest BCUT2D eigenvalue weighted by Crippen LogP contribution is -2.50. The summed E-state index contributed by atoms with van der Waals surface area (Å²) in [4.78, 5) is 6.87. The van der Waals surface area contributed by atoms with E-state index >= 15 is 0 Å². The summed E-state index contributed by atoms with van der Waals surface area (Å²) in [5.41, 5.74) is 1.09. The van der Waals surface area contributed by atoms with Crippen LogP contribution in [0.3, 0.4) is 0 Å². The molecule has 0 radical (unpaired) electrons. The van der Waals surface area contributed by atoms with Gasteiger partial charge in [-0.25, -0.2) is 4.98 Å². The first-order valence-electron chi connectivity index (χ1n) is 5.15. The number of piperazine rings is 1. The molecule has 0 spiro atoms. The van der Waals surface area contributed by atoms with E-state index in [1.807, 2.05) is 6.92 Å². The van der Waals surface area contributed by atoms with Crippen molar-refractivity contribution < 1.29 is 0 Å². The van der Waals surface area contributed by atoms with Crippen molar-refractivity contribution in [2.24, 2.45) is 7.05 Å². The van der Waals surface area contributed by atoms with Crippen LogP contribution in [0.1, 0.15) is 12.6 Å². The third-order valence-electron chi connectivity index (χ3n) is 2.62. The minimum absolute atomic E-state index is 0.556. The molecular formula is C10H18N4. The number of hydrogen-bond acceptors (Lipinski definition) is 3. The summed E-state index contributed by atoms with van der Waals surface area (Å²) < 4.78 is 2.10. The molecule has 4 nitrogen and oxygen atoms in total. The van der Waals surface area contributed by atoms with Crippen molar-refractivity contribution in [1.29, 1.82) is 0 Å². The van der Waals surface area contributed by atoms with Crippen LogP contribution in [0.25, 0.3) is 0 Å². The number of hydrogen-bond donors (Lipinski definition) is 1. The van der Waals surface area contributed by atoms with Crippen molar-refractivity contribution in [3.05, 3.63) is 11.9 Å². The Kier molecular flexibility index (Phi) is 2.46. The van der Waals surface area contributed by atoms with Crippen molar-refractivity contribution in [2.75, 3.05) is 24.5 Å². The van der Waals surface area contributed by atoms with E-state index in [-0.39, 0.29) is 0 Å². The topological polar surface area (TPSA) is 33.1 Å². The maximum absolute atomic E-state index is 4.53. The molecule has 0 saturated carbocycles. The van der Waals surface area contributed by atoms with Crippen molar-refractivity contribution in [2.45, 2.75) is 19.9 Å². The predicted molar refractivity (Wildman–Crippen MR) is 57.6 cm³/mol. The minimum atomic E-state index is 0.556. The summed E-state index contributed by atoms with van der Waals surface area (Å²) >= 11 is 0. The number of rotatable bonds is 1. The Bertz CT molecular complexity index is 318. The number of imidazole rings is 1. The second-order valence-corrected chi connectivity index (χ2v) is 4.09. The smallest absolute Gasteiger partial charge is 0.205 e. The van der Waals surface area contributed by atoms with Crippen molar-refractivity contribution in [3.63, 3.8) is 0 Å². The van der Waals surface area contributed by atoms with Crippen LogP contribution in [0.5, 0.6) is 0 Å². The first kappa shape index (κ1) is 9.52. The molecule has 4 heteroatoms. The highest BCUT2D eigenvalue weighted by Gasteiger charge is 2.18. The molecule has 1 aliphatic rings. The van der Waals surface area contributed by atoms with E-state index in [2.05, 4.69) is 39.9 Å². The zero-order valence-corrected chi connectivity index (χ0v) is 9.12. The Morgan fingerprint density at radius 2 is 2.36 bits per heavy atom. The Balaban J connectivity index is 2.17. The van der Waals surface area contributed by atoms with Crippen LogP contribution in [0.4, 0.5) is 5.95 Å². The van der Waals surface area contributed by atoms with Crippen LogP contribution in [-0.2, 0) is 7.05 Å². The molecule has 1 saturated heterocycles. The zero-order chi connectivity index (χ0) is 10.1. The predicted octanol–water partition coefficient (Wildman–Crippen LogP) is 0.527. The summed E-state index contributed by atoms with van der Waals surface area (Å²) in [6, 6.07) is 0.556. The lowest BCUT2D eigenvalue weighted by Gasteiger charge is -2.32. The third-order valence-corrected chi connectivity index (χ3v) is 2.62. The van der Waals surface area contributed by atoms with E-state index in [0.29, 0.717) is 6.04 Å². The largest absolute Gasteiger partial charge is 0.339 e. The molecule has 1 aromatic rings. The number of anilines is 1. The van der Waals surface area contributed by atoms with Gasteiger partial charge < -0.3 is 14.8 Å². The van der Waals surface area contributed by atoms with E-state index in [0.717, 1.165) is 31.3 Å². The molecule has 0 aromatic carbocycles. The van der Waals surface area contributed by atoms with Crippen molar-refractivity contribution >= 4 is 5.95 Å². The maximum atomic E-state index is 4.53. The number of aromatic nitrogens is 2. The van der Waals surface area contributed by atoms with Gasteiger partial charge in [0.25, 0.3) is 0 Å². The molecule has 1 atom stereocenters. The second-order valence-electron chi connectivity index (χ2n) is 4.09. The minimum Gasteiger partial charge on any atom is -0.339 e. The lowest BCUT2D eigenvalue weighted by atomic mass is 10.2. The molecule has 1 aromatic heterocycles. The molecule has 0 amide bonds. The highest BCUT2D eigenvalue weighted by Crippen LogP contribution is 2.14. The van der Waals surface area contributed by atoms with Crippen LogP contribution in [0.2, 0.25) is 0 Å². The summed E-state index contributed by atoms with van der Waals surface area (Å²) in [5, 5.41) is 3.43. The molecule has 2 heterocycles. The number of nitrogens with one attached hydrogen (secondary N) is 1. The van der Waals surface area contributed by atoms with Crippen LogP contribution >= 0.6 is 0 Å². The molecular weight excluding hydrogens is 176 g/mol. The standard InChI is InChI=1S/C10H18N4/c1-8-7-14(5-4-11-8)10-12-9(2)6-13(10)3/h6,8,11H,4-5,7H2,1-3H3/t8-/m1/s1. The van der Waals surface area contributed by atoms with Gasteiger partial charge in [0.05, 0.1) is 5.69 Å². The van der Waals surface area contributed by atoms with E-state index < -0.39 is 0 Å². The molecule has 1 fully saturated rings. The van der Waals surface area contributed by atoms with Gasteiger partial charge in [-0.1, -0.05) is 0 Å². The van der Waals surface area contributed by atoms with Gasteiger partial charge in [-0.3, -0.25) is 0 Å². The van der Waals surface area contributed by atoms with Crippen LogP contribution in [-0.4, -0.2) is 35.2 Å². The van der Waals surface area contributed by atoms with Crippen molar-refractivity contribution in [3.8, 4) is 0 Å². The molecule has 0 bridgehead atoms. The quantitative estimate of drug-likeness (QED) is 0.708. The van der Waals surface area contributed by atoms with Gasteiger partial charge in [-0.15, -0.1) is 0 Å². The molecule has 0 unspecified atom stereocenters. The van der Waals surface area contributed by atoms with Gasteiger partial charge in [0.1, 0.15) is 0 Å². The molecule has 0 aliphatic carbocycles. The highest BCUT2D eigenvalue weighted by atomic mass is 15.3. The average molecular weight is 194 g/mol. The van der Waals surface area contributed by atoms with Gasteiger partial charge in [-0.2, -0.15) is 0 Å². The lowest BCUT2D eigenvalue weighted by molar-refractivity contribution is 0.476. The number of nitrogens with zero attached hydrogens (tertiary/aromatic N) is 3. The Morgan fingerprint density at radius 1 is 1.57 bits per heavy atom. The molecule has 2 rings (SSSR count). The first-order valence-corrected chi connectivity index (χ1v) is 5.15. The fourth-order valence-electron chi connectivity index (χ4n) is 2.01. The molecule has 1 aliphatic heterocycles. The Labute approximate surface area is 84.9 Å². The van der Waals surface area contributed by atoms with Gasteiger partial charge in [-0.05, 0) is 13.8 Å². The Hall–Kier alpha value is -1.03. The zero-order valence-electron chi connectivity index (χ0n) is 9.12. The monoisotopic (exact) mass is 194 g/mol.